The lowest BCUT2D eigenvalue weighted by molar-refractivity contribution is -0.123. The van der Waals surface area contributed by atoms with Crippen LogP contribution in [0.1, 0.15) is 11.1 Å². The van der Waals surface area contributed by atoms with Crippen LogP contribution in [0, 0.1) is 5.82 Å². The highest BCUT2D eigenvalue weighted by molar-refractivity contribution is 8.18. The highest BCUT2D eigenvalue weighted by Crippen LogP contribution is 2.36. The Bertz CT molecular complexity index is 849. The Morgan fingerprint density at radius 1 is 1.04 bits per heavy atom. The van der Waals surface area contributed by atoms with E-state index >= 15 is 0 Å². The van der Waals surface area contributed by atoms with Crippen LogP contribution in [0.4, 0.5) is 9.18 Å². The molecule has 0 unspecified atom stereocenters. The summed E-state index contributed by atoms with van der Waals surface area (Å²) in [5, 5.41) is 0.296. The second kappa shape index (κ2) is 6.97. The first-order valence-corrected chi connectivity index (χ1v) is 8.47. The molecule has 1 aliphatic rings. The Morgan fingerprint density at radius 2 is 1.71 bits per heavy atom. The molecule has 3 rings (SSSR count). The second-order valence-electron chi connectivity index (χ2n) is 4.99. The molecule has 0 atom stereocenters. The van der Waals surface area contributed by atoms with Gasteiger partial charge in [-0.3, -0.25) is 14.5 Å². The van der Waals surface area contributed by atoms with Gasteiger partial charge in [-0.25, -0.2) is 4.39 Å². The fraction of sp³-hybridized carbons (Fsp3) is 0.0588. The summed E-state index contributed by atoms with van der Waals surface area (Å²) in [6.45, 7) is -0.120. The molecule has 7 heteroatoms. The summed E-state index contributed by atoms with van der Waals surface area (Å²) in [4.78, 5) is 25.8. The van der Waals surface area contributed by atoms with E-state index in [4.69, 9.17) is 23.2 Å². The number of thioether (sulfide) groups is 1. The van der Waals surface area contributed by atoms with Gasteiger partial charge in [-0.15, -0.1) is 0 Å². The minimum Gasteiger partial charge on any atom is -0.268 e. The lowest BCUT2D eigenvalue weighted by Gasteiger charge is -2.12. The number of carbonyl (C=O) groups is 2. The van der Waals surface area contributed by atoms with Crippen molar-refractivity contribution in [1.82, 2.24) is 4.90 Å². The summed E-state index contributed by atoms with van der Waals surface area (Å²) >= 11 is 12.9. The zero-order valence-electron chi connectivity index (χ0n) is 12.1. The molecule has 1 heterocycles. The van der Waals surface area contributed by atoms with Gasteiger partial charge in [0.25, 0.3) is 11.1 Å². The van der Waals surface area contributed by atoms with Crippen LogP contribution < -0.4 is 0 Å². The molecule has 0 aromatic heterocycles. The van der Waals surface area contributed by atoms with E-state index in [2.05, 4.69) is 0 Å². The molecule has 1 aliphatic heterocycles. The summed E-state index contributed by atoms with van der Waals surface area (Å²) in [7, 11) is 0. The maximum atomic E-state index is 13.7. The van der Waals surface area contributed by atoms with Gasteiger partial charge in [0.2, 0.25) is 0 Å². The summed E-state index contributed by atoms with van der Waals surface area (Å²) in [6.07, 6.45) is 1.48. The topological polar surface area (TPSA) is 37.4 Å². The van der Waals surface area contributed by atoms with Gasteiger partial charge in [-0.1, -0.05) is 47.5 Å². The third kappa shape index (κ3) is 3.34. The monoisotopic (exact) mass is 381 g/mol. The molecule has 0 bridgehead atoms. The Morgan fingerprint density at radius 3 is 2.38 bits per heavy atom. The number of hydrogen-bond donors (Lipinski definition) is 0. The Labute approximate surface area is 152 Å². The zero-order chi connectivity index (χ0) is 17.3. The number of rotatable bonds is 3. The smallest absolute Gasteiger partial charge is 0.268 e. The first-order chi connectivity index (χ1) is 11.5. The van der Waals surface area contributed by atoms with Crippen molar-refractivity contribution < 1.29 is 14.0 Å². The van der Waals surface area contributed by atoms with Gasteiger partial charge in [0.05, 0.1) is 11.4 Å². The van der Waals surface area contributed by atoms with E-state index < -0.39 is 17.0 Å². The molecule has 2 aromatic rings. The van der Waals surface area contributed by atoms with Gasteiger partial charge in [0, 0.05) is 21.2 Å². The average molecular weight is 382 g/mol. The van der Waals surface area contributed by atoms with Gasteiger partial charge in [0.15, 0.2) is 0 Å². The first kappa shape index (κ1) is 17.0. The number of hydrogen-bond acceptors (Lipinski definition) is 3. The van der Waals surface area contributed by atoms with Crippen LogP contribution in [-0.2, 0) is 11.3 Å². The Balaban J connectivity index is 1.89. The van der Waals surface area contributed by atoms with Crippen LogP contribution in [0.5, 0.6) is 0 Å². The van der Waals surface area contributed by atoms with Crippen molar-refractivity contribution in [2.24, 2.45) is 0 Å². The SMILES string of the molecule is O=C1S/C(=C/c2c(Cl)cccc2Cl)C(=O)N1Cc1ccccc1F. The van der Waals surface area contributed by atoms with E-state index in [1.807, 2.05) is 0 Å². The molecule has 0 radical (unpaired) electrons. The standard InChI is InChI=1S/C17H10Cl2FNO2S/c18-12-5-3-6-13(19)11(12)8-15-16(22)21(17(23)24-15)9-10-4-1-2-7-14(10)20/h1-8H,9H2/b15-8+. The molecule has 2 aromatic carbocycles. The predicted octanol–water partition coefficient (Wildman–Crippen LogP) is 5.37. The van der Waals surface area contributed by atoms with Gasteiger partial charge in [0.1, 0.15) is 5.82 Å². The number of benzene rings is 2. The minimum absolute atomic E-state index is 0.120. The lowest BCUT2D eigenvalue weighted by Crippen LogP contribution is -2.27. The molecule has 3 nitrogen and oxygen atoms in total. The molecule has 0 aliphatic carbocycles. The van der Waals surface area contributed by atoms with Gasteiger partial charge in [-0.05, 0) is 36.0 Å². The van der Waals surface area contributed by atoms with E-state index in [0.29, 0.717) is 15.6 Å². The fourth-order valence-electron chi connectivity index (χ4n) is 2.21. The van der Waals surface area contributed by atoms with Crippen molar-refractivity contribution in [2.45, 2.75) is 6.54 Å². The number of carbonyl (C=O) groups excluding carboxylic acids is 2. The molecule has 0 N–H and O–H groups in total. The van der Waals surface area contributed by atoms with Crippen LogP contribution in [0.3, 0.4) is 0 Å². The van der Waals surface area contributed by atoms with Gasteiger partial charge < -0.3 is 0 Å². The summed E-state index contributed by atoms with van der Waals surface area (Å²) in [6, 6.07) is 11.0. The quantitative estimate of drug-likeness (QED) is 0.670. The zero-order valence-corrected chi connectivity index (χ0v) is 14.5. The van der Waals surface area contributed by atoms with Crippen LogP contribution >= 0.6 is 35.0 Å². The lowest BCUT2D eigenvalue weighted by atomic mass is 10.2. The van der Waals surface area contributed by atoms with E-state index in [9.17, 15) is 14.0 Å². The molecule has 2 amide bonds. The third-order valence-electron chi connectivity index (χ3n) is 3.44. The number of imide groups is 1. The molecule has 1 fully saturated rings. The summed E-state index contributed by atoms with van der Waals surface area (Å²) in [5.74, 6) is -0.959. The van der Waals surface area contributed by atoms with Crippen molar-refractivity contribution in [2.75, 3.05) is 0 Å². The normalized spacial score (nSPS) is 16.3. The molecular weight excluding hydrogens is 372 g/mol. The van der Waals surface area contributed by atoms with E-state index in [-0.39, 0.29) is 17.0 Å². The van der Waals surface area contributed by atoms with Gasteiger partial charge >= 0.3 is 0 Å². The second-order valence-corrected chi connectivity index (χ2v) is 6.80. The first-order valence-electron chi connectivity index (χ1n) is 6.90. The Kier molecular flexibility index (Phi) is 4.94. The molecule has 24 heavy (non-hydrogen) atoms. The van der Waals surface area contributed by atoms with Crippen LogP contribution in [0.25, 0.3) is 6.08 Å². The third-order valence-corrected chi connectivity index (χ3v) is 5.00. The number of amides is 2. The van der Waals surface area contributed by atoms with Crippen LogP contribution in [0.2, 0.25) is 10.0 Å². The predicted molar refractivity (Wildman–Crippen MR) is 94.4 cm³/mol. The maximum Gasteiger partial charge on any atom is 0.293 e. The average Bonchev–Trinajstić information content (AvgIpc) is 2.80. The molecular formula is C17H10Cl2FNO2S. The summed E-state index contributed by atoms with van der Waals surface area (Å²) in [5.41, 5.74) is 0.744. The van der Waals surface area contributed by atoms with Crippen LogP contribution in [0.15, 0.2) is 47.4 Å². The van der Waals surface area contributed by atoms with Crippen molar-refractivity contribution in [1.29, 1.82) is 0 Å². The molecule has 0 saturated carbocycles. The van der Waals surface area contributed by atoms with Crippen molar-refractivity contribution in [3.63, 3.8) is 0 Å². The minimum atomic E-state index is -0.496. The van der Waals surface area contributed by atoms with Gasteiger partial charge in [-0.2, -0.15) is 0 Å². The maximum absolute atomic E-state index is 13.7. The number of nitrogens with zero attached hydrogens (tertiary/aromatic N) is 1. The molecule has 122 valence electrons. The summed E-state index contributed by atoms with van der Waals surface area (Å²) < 4.78 is 13.7. The molecule has 0 spiro atoms. The van der Waals surface area contributed by atoms with E-state index in [1.165, 1.54) is 18.2 Å². The van der Waals surface area contributed by atoms with Crippen molar-refractivity contribution in [3.8, 4) is 0 Å². The highest BCUT2D eigenvalue weighted by atomic mass is 35.5. The highest BCUT2D eigenvalue weighted by Gasteiger charge is 2.35. The van der Waals surface area contributed by atoms with Crippen molar-refractivity contribution >= 4 is 52.2 Å². The largest absolute Gasteiger partial charge is 0.293 e. The number of halogens is 3. The van der Waals surface area contributed by atoms with Crippen LogP contribution in [-0.4, -0.2) is 16.0 Å². The van der Waals surface area contributed by atoms with E-state index in [1.54, 1.807) is 30.3 Å². The van der Waals surface area contributed by atoms with Crippen molar-refractivity contribution in [3.05, 3.63) is 74.4 Å². The van der Waals surface area contributed by atoms with E-state index in [0.717, 1.165) is 16.7 Å². The molecule has 1 saturated heterocycles. The Hall–Kier alpha value is -1.82. The fourth-order valence-corrected chi connectivity index (χ4v) is 3.54.